The summed E-state index contributed by atoms with van der Waals surface area (Å²) in [4.78, 5) is 12.9. The molecule has 2 aromatic rings. The molecule has 1 heterocycles. The molecule has 0 radical (unpaired) electrons. The third kappa shape index (κ3) is 3.26. The number of esters is 1. The molecule has 0 unspecified atom stereocenters. The number of carbonyl (C=O) groups is 1. The molecule has 19 heavy (non-hydrogen) atoms. The van der Waals surface area contributed by atoms with Crippen LogP contribution < -0.4 is 11.1 Å². The summed E-state index contributed by atoms with van der Waals surface area (Å²) in [7, 11) is 0. The predicted octanol–water partition coefficient (Wildman–Crippen LogP) is 3.12. The first kappa shape index (κ1) is 13.4. The minimum Gasteiger partial charge on any atom is -0.462 e. The minimum atomic E-state index is -0.389. The van der Waals surface area contributed by atoms with Gasteiger partial charge in [0.05, 0.1) is 23.5 Å². The van der Waals surface area contributed by atoms with Gasteiger partial charge < -0.3 is 15.8 Å². The first-order chi connectivity index (χ1) is 9.22. The number of nitrogens with two attached hydrogens (primary N) is 1. The highest BCUT2D eigenvalue weighted by Crippen LogP contribution is 2.24. The molecule has 5 heteroatoms. The molecule has 0 amide bonds. The molecule has 1 aromatic carbocycles. The van der Waals surface area contributed by atoms with E-state index in [1.807, 2.05) is 23.6 Å². The maximum Gasteiger partial charge on any atom is 0.340 e. The zero-order valence-corrected chi connectivity index (χ0v) is 11.5. The Balaban J connectivity index is 2.13. The molecule has 100 valence electrons. The Morgan fingerprint density at radius 1 is 1.37 bits per heavy atom. The number of hydrogen-bond acceptors (Lipinski definition) is 5. The SMILES string of the molecule is CCOC(=O)c1cccc(NCc2cccs2)c1N. The molecule has 0 spiro atoms. The maximum atomic E-state index is 11.7. The summed E-state index contributed by atoms with van der Waals surface area (Å²) in [5, 5.41) is 5.25. The molecule has 4 nitrogen and oxygen atoms in total. The Labute approximate surface area is 116 Å². The molecule has 0 atom stereocenters. The van der Waals surface area contributed by atoms with Gasteiger partial charge in [-0.3, -0.25) is 0 Å². The Kier molecular flexibility index (Phi) is 4.41. The van der Waals surface area contributed by atoms with Crippen molar-refractivity contribution in [1.29, 1.82) is 0 Å². The Hall–Kier alpha value is -2.01. The van der Waals surface area contributed by atoms with Crippen LogP contribution in [0.3, 0.4) is 0 Å². The third-order valence-corrected chi connectivity index (χ3v) is 3.51. The van der Waals surface area contributed by atoms with E-state index in [2.05, 4.69) is 5.32 Å². The van der Waals surface area contributed by atoms with Gasteiger partial charge >= 0.3 is 5.97 Å². The number of thiophene rings is 1. The molecule has 0 saturated heterocycles. The van der Waals surface area contributed by atoms with Crippen molar-refractivity contribution in [1.82, 2.24) is 0 Å². The normalized spacial score (nSPS) is 10.2. The lowest BCUT2D eigenvalue weighted by molar-refractivity contribution is 0.0527. The largest absolute Gasteiger partial charge is 0.462 e. The van der Waals surface area contributed by atoms with Crippen molar-refractivity contribution in [2.75, 3.05) is 17.7 Å². The van der Waals surface area contributed by atoms with Gasteiger partial charge in [0.25, 0.3) is 0 Å². The van der Waals surface area contributed by atoms with Gasteiger partial charge in [-0.1, -0.05) is 12.1 Å². The van der Waals surface area contributed by atoms with Crippen LogP contribution in [-0.2, 0) is 11.3 Å². The number of rotatable bonds is 5. The van der Waals surface area contributed by atoms with E-state index in [-0.39, 0.29) is 5.97 Å². The second-order valence-electron chi connectivity index (χ2n) is 3.92. The van der Waals surface area contributed by atoms with Gasteiger partial charge in [-0.2, -0.15) is 0 Å². The van der Waals surface area contributed by atoms with Crippen molar-refractivity contribution in [2.45, 2.75) is 13.5 Å². The van der Waals surface area contributed by atoms with E-state index in [1.54, 1.807) is 30.4 Å². The smallest absolute Gasteiger partial charge is 0.340 e. The summed E-state index contributed by atoms with van der Waals surface area (Å²) < 4.78 is 4.97. The van der Waals surface area contributed by atoms with Crippen molar-refractivity contribution >= 4 is 28.7 Å². The van der Waals surface area contributed by atoms with E-state index in [0.717, 1.165) is 5.69 Å². The van der Waals surface area contributed by atoms with Crippen LogP contribution in [0, 0.1) is 0 Å². The average Bonchev–Trinajstić information content (AvgIpc) is 2.91. The van der Waals surface area contributed by atoms with Gasteiger partial charge in [-0.15, -0.1) is 11.3 Å². The Bertz CT molecular complexity index is 553. The molecular formula is C14H16N2O2S. The monoisotopic (exact) mass is 276 g/mol. The molecule has 0 fully saturated rings. The van der Waals surface area contributed by atoms with E-state index >= 15 is 0 Å². The first-order valence-electron chi connectivity index (χ1n) is 6.04. The second-order valence-corrected chi connectivity index (χ2v) is 4.95. The lowest BCUT2D eigenvalue weighted by Gasteiger charge is -2.11. The van der Waals surface area contributed by atoms with Crippen molar-refractivity contribution in [3.63, 3.8) is 0 Å². The number of anilines is 2. The summed E-state index contributed by atoms with van der Waals surface area (Å²) in [6, 6.07) is 9.36. The minimum absolute atomic E-state index is 0.338. The number of benzene rings is 1. The van der Waals surface area contributed by atoms with Gasteiger partial charge in [0.15, 0.2) is 0 Å². The molecular weight excluding hydrogens is 260 g/mol. The number of carbonyl (C=O) groups excluding carboxylic acids is 1. The van der Waals surface area contributed by atoms with E-state index in [9.17, 15) is 4.79 Å². The number of ether oxygens (including phenoxy) is 1. The number of hydrogen-bond donors (Lipinski definition) is 2. The van der Waals surface area contributed by atoms with Crippen LogP contribution in [0.1, 0.15) is 22.2 Å². The van der Waals surface area contributed by atoms with E-state index in [0.29, 0.717) is 24.4 Å². The van der Waals surface area contributed by atoms with E-state index in [4.69, 9.17) is 10.5 Å². The molecule has 0 aliphatic carbocycles. The highest BCUT2D eigenvalue weighted by Gasteiger charge is 2.13. The summed E-state index contributed by atoms with van der Waals surface area (Å²) >= 11 is 1.67. The fourth-order valence-corrected chi connectivity index (χ4v) is 2.35. The Morgan fingerprint density at radius 3 is 2.89 bits per heavy atom. The van der Waals surface area contributed by atoms with Crippen LogP contribution in [0.15, 0.2) is 35.7 Å². The van der Waals surface area contributed by atoms with Crippen LogP contribution >= 0.6 is 11.3 Å². The zero-order valence-electron chi connectivity index (χ0n) is 10.7. The first-order valence-corrected chi connectivity index (χ1v) is 6.92. The third-order valence-electron chi connectivity index (χ3n) is 2.63. The van der Waals surface area contributed by atoms with Crippen molar-refractivity contribution in [3.8, 4) is 0 Å². The average molecular weight is 276 g/mol. The molecule has 0 aliphatic heterocycles. The number of para-hydroxylation sites is 1. The summed E-state index contributed by atoms with van der Waals surface area (Å²) in [5.41, 5.74) is 7.57. The van der Waals surface area contributed by atoms with Gasteiger partial charge in [0.1, 0.15) is 0 Å². The topological polar surface area (TPSA) is 64.3 Å². The number of nitrogen functional groups attached to an aromatic ring is 1. The molecule has 0 saturated carbocycles. The van der Waals surface area contributed by atoms with Crippen LogP contribution in [0.2, 0.25) is 0 Å². The fraction of sp³-hybridized carbons (Fsp3) is 0.214. The van der Waals surface area contributed by atoms with Crippen LogP contribution in [0.4, 0.5) is 11.4 Å². The zero-order chi connectivity index (χ0) is 13.7. The molecule has 0 bridgehead atoms. The van der Waals surface area contributed by atoms with Gasteiger partial charge in [0.2, 0.25) is 0 Å². The van der Waals surface area contributed by atoms with E-state index < -0.39 is 0 Å². The quantitative estimate of drug-likeness (QED) is 0.650. The predicted molar refractivity (Wildman–Crippen MR) is 78.5 cm³/mol. The van der Waals surface area contributed by atoms with Gasteiger partial charge in [-0.05, 0) is 30.5 Å². The highest BCUT2D eigenvalue weighted by molar-refractivity contribution is 7.09. The summed E-state index contributed by atoms with van der Waals surface area (Å²) in [6.07, 6.45) is 0. The van der Waals surface area contributed by atoms with Crippen molar-refractivity contribution < 1.29 is 9.53 Å². The van der Waals surface area contributed by atoms with Gasteiger partial charge in [-0.25, -0.2) is 4.79 Å². The maximum absolute atomic E-state index is 11.7. The highest BCUT2D eigenvalue weighted by atomic mass is 32.1. The molecule has 1 aromatic heterocycles. The summed E-state index contributed by atoms with van der Waals surface area (Å²) in [6.45, 7) is 2.80. The van der Waals surface area contributed by atoms with E-state index in [1.165, 1.54) is 4.88 Å². The molecule has 0 aliphatic rings. The summed E-state index contributed by atoms with van der Waals surface area (Å²) in [5.74, 6) is -0.389. The molecule has 2 rings (SSSR count). The van der Waals surface area contributed by atoms with Crippen LogP contribution in [0.5, 0.6) is 0 Å². The lowest BCUT2D eigenvalue weighted by atomic mass is 10.1. The van der Waals surface area contributed by atoms with Gasteiger partial charge in [0, 0.05) is 11.4 Å². The Morgan fingerprint density at radius 2 is 2.21 bits per heavy atom. The second kappa shape index (κ2) is 6.24. The number of nitrogens with one attached hydrogen (secondary N) is 1. The van der Waals surface area contributed by atoms with Crippen LogP contribution in [0.25, 0.3) is 0 Å². The standard InChI is InChI=1S/C14H16N2O2S/c1-2-18-14(17)11-6-3-7-12(13(11)15)16-9-10-5-4-8-19-10/h3-8,16H,2,9,15H2,1H3. The fourth-order valence-electron chi connectivity index (χ4n) is 1.70. The van der Waals surface area contributed by atoms with Crippen molar-refractivity contribution in [2.24, 2.45) is 0 Å². The van der Waals surface area contributed by atoms with Crippen LogP contribution in [-0.4, -0.2) is 12.6 Å². The lowest BCUT2D eigenvalue weighted by Crippen LogP contribution is -2.10. The molecule has 3 N–H and O–H groups in total. The van der Waals surface area contributed by atoms with Crippen molar-refractivity contribution in [3.05, 3.63) is 46.2 Å².